The van der Waals surface area contributed by atoms with Crippen LogP contribution in [0.5, 0.6) is 0 Å². The first-order valence-electron chi connectivity index (χ1n) is 9.14. The first kappa shape index (κ1) is 19.4. The molecular weight excluding hydrogens is 362 g/mol. The van der Waals surface area contributed by atoms with E-state index in [1.54, 1.807) is 24.3 Å². The SMILES string of the molecule is Cc1ccc(S(=O)(=O)NCCNC(=O)NC2CCCc3ccccc32)cc1. The molecule has 0 bridgehead atoms. The van der Waals surface area contributed by atoms with Crippen molar-refractivity contribution in [1.82, 2.24) is 15.4 Å². The van der Waals surface area contributed by atoms with Gasteiger partial charge >= 0.3 is 6.03 Å². The summed E-state index contributed by atoms with van der Waals surface area (Å²) >= 11 is 0. The summed E-state index contributed by atoms with van der Waals surface area (Å²) < 4.78 is 26.9. The van der Waals surface area contributed by atoms with Crippen LogP contribution in [-0.2, 0) is 16.4 Å². The molecule has 0 saturated heterocycles. The second-order valence-corrected chi connectivity index (χ2v) is 8.52. The summed E-state index contributed by atoms with van der Waals surface area (Å²) in [5.41, 5.74) is 3.44. The number of amides is 2. The molecule has 0 fully saturated rings. The van der Waals surface area contributed by atoms with Crippen LogP contribution in [0.3, 0.4) is 0 Å². The summed E-state index contributed by atoms with van der Waals surface area (Å²) in [6, 6.07) is 14.5. The third-order valence-corrected chi connectivity index (χ3v) is 6.19. The molecule has 0 saturated carbocycles. The van der Waals surface area contributed by atoms with Crippen LogP contribution in [0.4, 0.5) is 4.79 Å². The minimum Gasteiger partial charge on any atom is -0.337 e. The molecule has 6 nitrogen and oxygen atoms in total. The Labute approximate surface area is 160 Å². The molecule has 1 aliphatic carbocycles. The summed E-state index contributed by atoms with van der Waals surface area (Å²) in [6.45, 7) is 2.24. The third-order valence-electron chi connectivity index (χ3n) is 4.71. The van der Waals surface area contributed by atoms with Gasteiger partial charge in [-0.25, -0.2) is 17.9 Å². The van der Waals surface area contributed by atoms with E-state index in [1.165, 1.54) is 11.1 Å². The average molecular weight is 388 g/mol. The number of urea groups is 1. The summed E-state index contributed by atoms with van der Waals surface area (Å²) in [7, 11) is -3.56. The average Bonchev–Trinajstić information content (AvgIpc) is 2.66. The molecule has 3 rings (SSSR count). The van der Waals surface area contributed by atoms with E-state index >= 15 is 0 Å². The molecule has 1 atom stereocenters. The van der Waals surface area contributed by atoms with Gasteiger partial charge in [0.25, 0.3) is 0 Å². The van der Waals surface area contributed by atoms with Crippen LogP contribution in [0.2, 0.25) is 0 Å². The number of hydrogen-bond acceptors (Lipinski definition) is 3. The standard InChI is InChI=1S/C20H25N3O3S/c1-15-9-11-17(12-10-15)27(25,26)22-14-13-21-20(24)23-19-8-4-6-16-5-2-3-7-18(16)19/h2-3,5,7,9-12,19,22H,4,6,8,13-14H2,1H3,(H2,21,23,24). The van der Waals surface area contributed by atoms with Gasteiger partial charge in [0.2, 0.25) is 10.0 Å². The first-order valence-corrected chi connectivity index (χ1v) is 10.6. The molecular formula is C20H25N3O3S. The number of benzene rings is 2. The van der Waals surface area contributed by atoms with E-state index in [9.17, 15) is 13.2 Å². The normalized spacial score (nSPS) is 16.4. The molecule has 0 spiro atoms. The number of hydrogen-bond donors (Lipinski definition) is 3. The Morgan fingerprint density at radius 3 is 2.59 bits per heavy atom. The van der Waals surface area contributed by atoms with Crippen molar-refractivity contribution in [1.29, 1.82) is 0 Å². The Hall–Kier alpha value is -2.38. The molecule has 0 aliphatic heterocycles. The van der Waals surface area contributed by atoms with E-state index in [-0.39, 0.29) is 30.1 Å². The molecule has 144 valence electrons. The summed E-state index contributed by atoms with van der Waals surface area (Å²) in [6.07, 6.45) is 2.99. The van der Waals surface area contributed by atoms with Gasteiger partial charge in [0.15, 0.2) is 0 Å². The summed E-state index contributed by atoms with van der Waals surface area (Å²) in [5.74, 6) is 0. The quantitative estimate of drug-likeness (QED) is 0.666. The fourth-order valence-corrected chi connectivity index (χ4v) is 4.31. The lowest BCUT2D eigenvalue weighted by Gasteiger charge is -2.26. The minimum atomic E-state index is -3.56. The van der Waals surface area contributed by atoms with E-state index in [2.05, 4.69) is 27.5 Å². The van der Waals surface area contributed by atoms with Gasteiger partial charge in [0.05, 0.1) is 10.9 Å². The number of nitrogens with one attached hydrogen (secondary N) is 3. The molecule has 1 aliphatic rings. The highest BCUT2D eigenvalue weighted by Crippen LogP contribution is 2.29. The van der Waals surface area contributed by atoms with Crippen molar-refractivity contribution in [2.75, 3.05) is 13.1 Å². The lowest BCUT2D eigenvalue weighted by Crippen LogP contribution is -2.42. The predicted molar refractivity (Wildman–Crippen MR) is 105 cm³/mol. The van der Waals surface area contributed by atoms with Gasteiger partial charge in [-0.3, -0.25) is 0 Å². The van der Waals surface area contributed by atoms with Crippen LogP contribution in [0.25, 0.3) is 0 Å². The maximum Gasteiger partial charge on any atom is 0.315 e. The van der Waals surface area contributed by atoms with Crippen molar-refractivity contribution in [2.45, 2.75) is 37.1 Å². The zero-order valence-corrected chi connectivity index (χ0v) is 16.2. The van der Waals surface area contributed by atoms with Crippen molar-refractivity contribution < 1.29 is 13.2 Å². The van der Waals surface area contributed by atoms with Gasteiger partial charge in [0, 0.05) is 13.1 Å². The van der Waals surface area contributed by atoms with Crippen molar-refractivity contribution in [3.63, 3.8) is 0 Å². The number of carbonyl (C=O) groups is 1. The molecule has 7 heteroatoms. The Kier molecular flexibility index (Phi) is 6.13. The van der Waals surface area contributed by atoms with Gasteiger partial charge in [-0.1, -0.05) is 42.0 Å². The molecule has 0 radical (unpaired) electrons. The lowest BCUT2D eigenvalue weighted by molar-refractivity contribution is 0.235. The summed E-state index contributed by atoms with van der Waals surface area (Å²) in [4.78, 5) is 12.4. The third kappa shape index (κ3) is 5.08. The Morgan fingerprint density at radius 2 is 1.81 bits per heavy atom. The largest absolute Gasteiger partial charge is 0.337 e. The zero-order chi connectivity index (χ0) is 19.3. The highest BCUT2D eigenvalue weighted by molar-refractivity contribution is 7.89. The van der Waals surface area contributed by atoms with Crippen molar-refractivity contribution >= 4 is 16.1 Å². The van der Waals surface area contributed by atoms with Crippen LogP contribution in [0.1, 0.15) is 35.6 Å². The van der Waals surface area contributed by atoms with Gasteiger partial charge in [0.1, 0.15) is 0 Å². The minimum absolute atomic E-state index is 0.000741. The highest BCUT2D eigenvalue weighted by Gasteiger charge is 2.21. The highest BCUT2D eigenvalue weighted by atomic mass is 32.2. The number of rotatable bonds is 6. The van der Waals surface area contributed by atoms with Crippen molar-refractivity contribution in [3.8, 4) is 0 Å². The Morgan fingerprint density at radius 1 is 1.07 bits per heavy atom. The summed E-state index contributed by atoms with van der Waals surface area (Å²) in [5, 5.41) is 5.70. The van der Waals surface area contributed by atoms with Gasteiger partial charge < -0.3 is 10.6 Å². The van der Waals surface area contributed by atoms with E-state index in [0.717, 1.165) is 24.8 Å². The maximum absolute atomic E-state index is 12.2. The van der Waals surface area contributed by atoms with Gasteiger partial charge in [-0.15, -0.1) is 0 Å². The van der Waals surface area contributed by atoms with Crippen LogP contribution in [0.15, 0.2) is 53.4 Å². The van der Waals surface area contributed by atoms with Crippen LogP contribution in [-0.4, -0.2) is 27.5 Å². The second-order valence-electron chi connectivity index (χ2n) is 6.75. The Bertz CT molecular complexity index is 895. The van der Waals surface area contributed by atoms with Gasteiger partial charge in [-0.2, -0.15) is 0 Å². The number of aryl methyl sites for hydroxylation is 2. The van der Waals surface area contributed by atoms with Crippen molar-refractivity contribution in [3.05, 3.63) is 65.2 Å². The monoisotopic (exact) mass is 387 g/mol. The van der Waals surface area contributed by atoms with Crippen LogP contribution in [0, 0.1) is 6.92 Å². The molecule has 0 aromatic heterocycles. The maximum atomic E-state index is 12.2. The molecule has 2 aromatic carbocycles. The molecule has 1 unspecified atom stereocenters. The lowest BCUT2D eigenvalue weighted by atomic mass is 9.88. The molecule has 2 amide bonds. The molecule has 0 heterocycles. The van der Waals surface area contributed by atoms with Crippen molar-refractivity contribution in [2.24, 2.45) is 0 Å². The fraction of sp³-hybridized carbons (Fsp3) is 0.350. The topological polar surface area (TPSA) is 87.3 Å². The fourth-order valence-electron chi connectivity index (χ4n) is 3.28. The predicted octanol–water partition coefficient (Wildman–Crippen LogP) is 2.65. The van der Waals surface area contributed by atoms with E-state index in [1.807, 2.05) is 19.1 Å². The van der Waals surface area contributed by atoms with E-state index in [0.29, 0.717) is 0 Å². The zero-order valence-electron chi connectivity index (χ0n) is 15.4. The molecule has 27 heavy (non-hydrogen) atoms. The molecule has 2 aromatic rings. The number of fused-ring (bicyclic) bond motifs is 1. The first-order chi connectivity index (χ1) is 13.0. The number of carbonyl (C=O) groups excluding carboxylic acids is 1. The van der Waals surface area contributed by atoms with Gasteiger partial charge in [-0.05, 0) is 49.4 Å². The van der Waals surface area contributed by atoms with E-state index < -0.39 is 10.0 Å². The molecule has 3 N–H and O–H groups in total. The smallest absolute Gasteiger partial charge is 0.315 e. The second kappa shape index (κ2) is 8.54. The number of sulfonamides is 1. The Balaban J connectivity index is 1.46. The van der Waals surface area contributed by atoms with E-state index in [4.69, 9.17) is 0 Å². The van der Waals surface area contributed by atoms with Crippen LogP contribution < -0.4 is 15.4 Å². The van der Waals surface area contributed by atoms with Crippen LogP contribution >= 0.6 is 0 Å².